The summed E-state index contributed by atoms with van der Waals surface area (Å²) in [6.45, 7) is 2.02. The fourth-order valence-corrected chi connectivity index (χ4v) is 2.73. The molecule has 0 aliphatic carbocycles. The van der Waals surface area contributed by atoms with Crippen molar-refractivity contribution in [3.05, 3.63) is 65.2 Å². The number of nitroso groups, excluding NO2 is 1. The van der Waals surface area contributed by atoms with Crippen molar-refractivity contribution in [1.29, 1.82) is 0 Å². The van der Waals surface area contributed by atoms with Gasteiger partial charge in [0, 0.05) is 25.1 Å². The highest BCUT2D eigenvalue weighted by Crippen LogP contribution is 2.28. The molecule has 0 bridgehead atoms. The van der Waals surface area contributed by atoms with Crippen LogP contribution in [0.25, 0.3) is 22.0 Å². The van der Waals surface area contributed by atoms with Crippen molar-refractivity contribution in [3.63, 3.8) is 0 Å². The Morgan fingerprint density at radius 3 is 2.61 bits per heavy atom. The van der Waals surface area contributed by atoms with Crippen molar-refractivity contribution >= 4 is 16.8 Å². The summed E-state index contributed by atoms with van der Waals surface area (Å²) in [7, 11) is 0. The summed E-state index contributed by atoms with van der Waals surface area (Å²) in [5.74, 6) is -0.0628. The number of carbonyl (C=O) groups excluding carboxylic acids is 1. The van der Waals surface area contributed by atoms with E-state index in [-0.39, 0.29) is 5.91 Å². The third kappa shape index (κ3) is 3.13. The minimum absolute atomic E-state index is 0.0628. The Labute approximate surface area is 133 Å². The molecular weight excluding hydrogens is 290 g/mol. The zero-order valence-electron chi connectivity index (χ0n) is 12.8. The molecule has 5 heteroatoms. The SMILES string of the molecule is CC(=O)NCCc1cn(N=O)c2ccc(-c3ccccc3)cc12. The second kappa shape index (κ2) is 6.44. The second-order valence-electron chi connectivity index (χ2n) is 5.41. The molecular formula is C18H17N3O2. The Morgan fingerprint density at radius 1 is 1.13 bits per heavy atom. The number of fused-ring (bicyclic) bond motifs is 1. The van der Waals surface area contributed by atoms with Crippen LogP contribution >= 0.6 is 0 Å². The van der Waals surface area contributed by atoms with Crippen LogP contribution < -0.4 is 5.32 Å². The van der Waals surface area contributed by atoms with Gasteiger partial charge in [0.25, 0.3) is 0 Å². The maximum absolute atomic E-state index is 11.0. The molecule has 0 aliphatic rings. The molecule has 23 heavy (non-hydrogen) atoms. The first-order chi connectivity index (χ1) is 11.2. The Kier molecular flexibility index (Phi) is 4.19. The first kappa shape index (κ1) is 15.0. The molecule has 0 saturated heterocycles. The monoisotopic (exact) mass is 307 g/mol. The molecule has 1 heterocycles. The van der Waals surface area contributed by atoms with E-state index in [1.54, 1.807) is 6.20 Å². The highest BCUT2D eigenvalue weighted by molar-refractivity contribution is 5.88. The third-order valence-electron chi connectivity index (χ3n) is 3.83. The van der Waals surface area contributed by atoms with Gasteiger partial charge in [-0.3, -0.25) is 4.79 Å². The normalized spacial score (nSPS) is 10.7. The van der Waals surface area contributed by atoms with Crippen molar-refractivity contribution < 1.29 is 4.79 Å². The van der Waals surface area contributed by atoms with Crippen molar-refractivity contribution in [1.82, 2.24) is 9.99 Å². The lowest BCUT2D eigenvalue weighted by atomic mass is 10.0. The summed E-state index contributed by atoms with van der Waals surface area (Å²) >= 11 is 0. The molecule has 5 nitrogen and oxygen atoms in total. The fraction of sp³-hybridized carbons (Fsp3) is 0.167. The Hall–Kier alpha value is -2.95. The molecule has 1 amide bonds. The number of nitrogens with one attached hydrogen (secondary N) is 1. The van der Waals surface area contributed by atoms with Crippen molar-refractivity contribution in [2.45, 2.75) is 13.3 Å². The van der Waals surface area contributed by atoms with Gasteiger partial charge >= 0.3 is 0 Å². The van der Waals surface area contributed by atoms with Crippen LogP contribution in [-0.2, 0) is 11.2 Å². The third-order valence-corrected chi connectivity index (χ3v) is 3.83. The van der Waals surface area contributed by atoms with Crippen LogP contribution in [0.1, 0.15) is 12.5 Å². The number of rotatable bonds is 5. The summed E-state index contributed by atoms with van der Waals surface area (Å²) in [5.41, 5.74) is 3.97. The number of benzene rings is 2. The highest BCUT2D eigenvalue weighted by atomic mass is 16.3. The van der Waals surface area contributed by atoms with E-state index in [0.717, 1.165) is 27.6 Å². The fourth-order valence-electron chi connectivity index (χ4n) is 2.73. The van der Waals surface area contributed by atoms with Gasteiger partial charge in [-0.15, -0.1) is 4.91 Å². The first-order valence-electron chi connectivity index (χ1n) is 7.46. The van der Waals surface area contributed by atoms with E-state index in [1.807, 2.05) is 42.5 Å². The van der Waals surface area contributed by atoms with Crippen LogP contribution in [0, 0.1) is 4.91 Å². The topological polar surface area (TPSA) is 63.5 Å². The van der Waals surface area contributed by atoms with E-state index in [4.69, 9.17) is 0 Å². The number of carbonyl (C=O) groups is 1. The summed E-state index contributed by atoms with van der Waals surface area (Å²) in [5, 5.41) is 6.80. The second-order valence-corrected chi connectivity index (χ2v) is 5.41. The van der Waals surface area contributed by atoms with E-state index in [9.17, 15) is 9.70 Å². The molecule has 0 atom stereocenters. The van der Waals surface area contributed by atoms with Crippen molar-refractivity contribution in [2.75, 3.05) is 6.54 Å². The predicted molar refractivity (Wildman–Crippen MR) is 91.0 cm³/mol. The maximum atomic E-state index is 11.0. The molecule has 0 fully saturated rings. The lowest BCUT2D eigenvalue weighted by molar-refractivity contribution is -0.118. The maximum Gasteiger partial charge on any atom is 0.216 e. The van der Waals surface area contributed by atoms with Crippen LogP contribution in [-0.4, -0.2) is 17.1 Å². The van der Waals surface area contributed by atoms with Gasteiger partial charge in [0.15, 0.2) is 0 Å². The van der Waals surface area contributed by atoms with Gasteiger partial charge in [0.2, 0.25) is 5.91 Å². The lowest BCUT2D eigenvalue weighted by Crippen LogP contribution is -2.22. The van der Waals surface area contributed by atoms with E-state index in [1.165, 1.54) is 11.6 Å². The van der Waals surface area contributed by atoms with E-state index < -0.39 is 0 Å². The van der Waals surface area contributed by atoms with Crippen molar-refractivity contribution in [3.8, 4) is 11.1 Å². The highest BCUT2D eigenvalue weighted by Gasteiger charge is 2.10. The molecule has 1 N–H and O–H groups in total. The number of hydrogen-bond acceptors (Lipinski definition) is 3. The number of amides is 1. The molecule has 116 valence electrons. The summed E-state index contributed by atoms with van der Waals surface area (Å²) < 4.78 is 1.34. The van der Waals surface area contributed by atoms with E-state index >= 15 is 0 Å². The zero-order chi connectivity index (χ0) is 16.2. The van der Waals surface area contributed by atoms with E-state index in [0.29, 0.717) is 13.0 Å². The van der Waals surface area contributed by atoms with Crippen molar-refractivity contribution in [2.24, 2.45) is 5.29 Å². The lowest BCUT2D eigenvalue weighted by Gasteiger charge is -2.04. The summed E-state index contributed by atoms with van der Waals surface area (Å²) in [6.07, 6.45) is 2.38. The van der Waals surface area contributed by atoms with Gasteiger partial charge in [-0.2, -0.15) is 0 Å². The summed E-state index contributed by atoms with van der Waals surface area (Å²) in [4.78, 5) is 22.0. The van der Waals surface area contributed by atoms with Gasteiger partial charge in [-0.05, 0) is 35.2 Å². The van der Waals surface area contributed by atoms with Crippen LogP contribution in [0.4, 0.5) is 0 Å². The molecule has 2 aromatic carbocycles. The molecule has 0 radical (unpaired) electrons. The molecule has 0 saturated carbocycles. The molecule has 1 aromatic heterocycles. The predicted octanol–water partition coefficient (Wildman–Crippen LogP) is 3.52. The minimum atomic E-state index is -0.0628. The Balaban J connectivity index is 2.01. The number of aromatic nitrogens is 1. The van der Waals surface area contributed by atoms with Gasteiger partial charge in [-0.25, -0.2) is 4.68 Å². The Bertz CT molecular complexity index is 853. The van der Waals surface area contributed by atoms with Crippen LogP contribution in [0.5, 0.6) is 0 Å². The van der Waals surface area contributed by atoms with Gasteiger partial charge in [0.1, 0.15) is 0 Å². The molecule has 0 aliphatic heterocycles. The molecule has 3 aromatic rings. The largest absolute Gasteiger partial charge is 0.356 e. The van der Waals surface area contributed by atoms with Gasteiger partial charge < -0.3 is 5.32 Å². The molecule has 3 rings (SSSR count). The molecule has 0 spiro atoms. The average Bonchev–Trinajstić information content (AvgIpc) is 2.93. The number of hydrogen-bond donors (Lipinski definition) is 1. The summed E-state index contributed by atoms with van der Waals surface area (Å²) in [6, 6.07) is 16.0. The minimum Gasteiger partial charge on any atom is -0.356 e. The smallest absolute Gasteiger partial charge is 0.216 e. The quantitative estimate of drug-likeness (QED) is 0.733. The van der Waals surface area contributed by atoms with Gasteiger partial charge in [0.05, 0.1) is 10.8 Å². The zero-order valence-corrected chi connectivity index (χ0v) is 12.8. The van der Waals surface area contributed by atoms with E-state index in [2.05, 4.69) is 16.7 Å². The average molecular weight is 307 g/mol. The van der Waals surface area contributed by atoms with Crippen LogP contribution in [0.15, 0.2) is 60.0 Å². The van der Waals surface area contributed by atoms with Crippen LogP contribution in [0.2, 0.25) is 0 Å². The van der Waals surface area contributed by atoms with Gasteiger partial charge in [-0.1, -0.05) is 36.4 Å². The first-order valence-corrected chi connectivity index (χ1v) is 7.46. The standard InChI is InChI=1S/C18H17N3O2/c1-13(22)19-10-9-16-12-21(20-23)18-8-7-15(11-17(16)18)14-5-3-2-4-6-14/h2-8,11-12H,9-10H2,1H3,(H,19,22). The Morgan fingerprint density at radius 2 is 1.91 bits per heavy atom. The molecule has 0 unspecified atom stereocenters. The van der Waals surface area contributed by atoms with Crippen LogP contribution in [0.3, 0.4) is 0 Å². The number of nitrogens with zero attached hydrogens (tertiary/aromatic N) is 2.